The molecule has 2 heterocycles. The summed E-state index contributed by atoms with van der Waals surface area (Å²) in [5, 5.41) is 7.12. The molecule has 0 bridgehead atoms. The van der Waals surface area contributed by atoms with Crippen molar-refractivity contribution in [2.45, 2.75) is 0 Å². The monoisotopic (exact) mass is 623 g/mol. The third-order valence-electron chi connectivity index (χ3n) is 9.88. The molecule has 0 aliphatic rings. The van der Waals surface area contributed by atoms with Gasteiger partial charge in [0.15, 0.2) is 0 Å². The summed E-state index contributed by atoms with van der Waals surface area (Å²) in [7, 11) is 0. The van der Waals surface area contributed by atoms with Crippen LogP contribution in [0.15, 0.2) is 176 Å². The van der Waals surface area contributed by atoms with E-state index in [1.807, 2.05) is 0 Å². The first-order valence-corrected chi connectivity index (χ1v) is 16.7. The maximum absolute atomic E-state index is 4.73. The molecule has 0 aliphatic carbocycles. The summed E-state index contributed by atoms with van der Waals surface area (Å²) in [6.45, 7) is 0. The maximum atomic E-state index is 4.73. The molecule has 8 aromatic carbocycles. The van der Waals surface area contributed by atoms with Gasteiger partial charge in [0.2, 0.25) is 0 Å². The van der Waals surface area contributed by atoms with Crippen molar-refractivity contribution in [3.05, 3.63) is 176 Å². The molecular weight excluding hydrogens is 595 g/mol. The molecular formula is C46H29N3. The molecule has 10 aromatic rings. The molecule has 0 aliphatic heterocycles. The van der Waals surface area contributed by atoms with Crippen LogP contribution in [0.2, 0.25) is 0 Å². The van der Waals surface area contributed by atoms with E-state index < -0.39 is 0 Å². The van der Waals surface area contributed by atoms with E-state index in [-0.39, 0.29) is 0 Å². The smallest absolute Gasteiger partial charge is 0.0971 e. The normalized spacial score (nSPS) is 11.7. The van der Waals surface area contributed by atoms with Crippen molar-refractivity contribution in [3.8, 4) is 39.1 Å². The predicted octanol–water partition coefficient (Wildman–Crippen LogP) is 12.0. The van der Waals surface area contributed by atoms with Gasteiger partial charge in [0, 0.05) is 39.6 Å². The van der Waals surface area contributed by atoms with Crippen LogP contribution < -0.4 is 0 Å². The second-order valence-corrected chi connectivity index (χ2v) is 12.6. The zero-order valence-electron chi connectivity index (χ0n) is 26.6. The van der Waals surface area contributed by atoms with Crippen LogP contribution in [0.5, 0.6) is 0 Å². The lowest BCUT2D eigenvalue weighted by Crippen LogP contribution is -1.94. The largest absolute Gasteiger partial charge is 0.309 e. The highest BCUT2D eigenvalue weighted by molar-refractivity contribution is 6.23. The highest BCUT2D eigenvalue weighted by atomic mass is 15.0. The van der Waals surface area contributed by atoms with Crippen molar-refractivity contribution < 1.29 is 0 Å². The molecule has 0 N–H and O–H groups in total. The molecule has 0 amide bonds. The van der Waals surface area contributed by atoms with Gasteiger partial charge < -0.3 is 4.57 Å². The van der Waals surface area contributed by atoms with Crippen molar-refractivity contribution in [2.24, 2.45) is 0 Å². The van der Waals surface area contributed by atoms with Gasteiger partial charge in [-0.2, -0.15) is 0 Å². The summed E-state index contributed by atoms with van der Waals surface area (Å²) in [6.07, 6.45) is 3.56. The zero-order chi connectivity index (χ0) is 32.3. The summed E-state index contributed by atoms with van der Waals surface area (Å²) in [5.74, 6) is 0. The number of hydrogen-bond acceptors (Lipinski definition) is 2. The lowest BCUT2D eigenvalue weighted by molar-refractivity contribution is 1.18. The minimum atomic E-state index is 0.940. The van der Waals surface area contributed by atoms with E-state index in [1.165, 1.54) is 66.0 Å². The van der Waals surface area contributed by atoms with Gasteiger partial charge in [-0.15, -0.1) is 0 Å². The Kier molecular flexibility index (Phi) is 6.18. The van der Waals surface area contributed by atoms with Crippen LogP contribution in [-0.2, 0) is 0 Å². The molecule has 228 valence electrons. The van der Waals surface area contributed by atoms with Crippen LogP contribution in [-0.4, -0.2) is 14.5 Å². The van der Waals surface area contributed by atoms with Gasteiger partial charge in [-0.1, -0.05) is 121 Å². The third kappa shape index (κ3) is 4.44. The number of aromatic nitrogens is 3. The van der Waals surface area contributed by atoms with Crippen molar-refractivity contribution in [1.82, 2.24) is 14.5 Å². The van der Waals surface area contributed by atoms with Gasteiger partial charge >= 0.3 is 0 Å². The van der Waals surface area contributed by atoms with Gasteiger partial charge in [0.1, 0.15) is 0 Å². The van der Waals surface area contributed by atoms with Crippen molar-refractivity contribution >= 4 is 54.4 Å². The molecule has 0 atom stereocenters. The SMILES string of the molecule is c1ccc(-c2ccc3c(c2)c2cc(-c4ccccc4)ccc2n3-c2ccc(-c3ccc4c(c3)c3ccccc3c3nccnc43)cc2)cc1. The minimum Gasteiger partial charge on any atom is -0.309 e. The Bertz CT molecular complexity index is 2720. The number of rotatable bonds is 4. The molecule has 0 unspecified atom stereocenters. The molecule has 0 spiro atoms. The lowest BCUT2D eigenvalue weighted by Gasteiger charge is -2.12. The van der Waals surface area contributed by atoms with Crippen molar-refractivity contribution in [3.63, 3.8) is 0 Å². The highest BCUT2D eigenvalue weighted by Crippen LogP contribution is 2.39. The van der Waals surface area contributed by atoms with Crippen LogP contribution in [0.4, 0.5) is 0 Å². The summed E-state index contributed by atoms with van der Waals surface area (Å²) >= 11 is 0. The molecule has 0 fully saturated rings. The fourth-order valence-electron chi connectivity index (χ4n) is 7.53. The lowest BCUT2D eigenvalue weighted by atomic mass is 9.95. The molecule has 3 heteroatoms. The number of benzene rings is 8. The third-order valence-corrected chi connectivity index (χ3v) is 9.88. The van der Waals surface area contributed by atoms with Gasteiger partial charge in [0.05, 0.1) is 22.1 Å². The molecule has 0 saturated carbocycles. The minimum absolute atomic E-state index is 0.940. The average molecular weight is 624 g/mol. The van der Waals surface area contributed by atoms with Crippen LogP contribution >= 0.6 is 0 Å². The van der Waals surface area contributed by atoms with E-state index in [9.17, 15) is 0 Å². The Balaban J connectivity index is 1.13. The zero-order valence-corrected chi connectivity index (χ0v) is 26.6. The second kappa shape index (κ2) is 11.0. The predicted molar refractivity (Wildman–Crippen MR) is 205 cm³/mol. The molecule has 3 nitrogen and oxygen atoms in total. The quantitative estimate of drug-likeness (QED) is 0.183. The Morgan fingerprint density at radius 1 is 0.306 bits per heavy atom. The maximum Gasteiger partial charge on any atom is 0.0971 e. The fourth-order valence-corrected chi connectivity index (χ4v) is 7.53. The van der Waals surface area contributed by atoms with Gasteiger partial charge in [-0.3, -0.25) is 9.97 Å². The standard InChI is InChI=1S/C46H29N3/c1-3-9-30(10-4-1)34-18-23-43-41(28-34)42-29-35(31-11-5-2-6-12-31)19-24-44(42)49(43)36-20-15-32(16-21-36)33-17-22-39-40(27-33)37-13-7-8-14-38(37)45-46(39)48-26-25-47-45/h1-29H. The molecule has 2 aromatic heterocycles. The van der Waals surface area contributed by atoms with Gasteiger partial charge in [-0.05, 0) is 86.6 Å². The van der Waals surface area contributed by atoms with Crippen LogP contribution in [0.3, 0.4) is 0 Å². The fraction of sp³-hybridized carbons (Fsp3) is 0. The topological polar surface area (TPSA) is 30.7 Å². The first-order chi connectivity index (χ1) is 24.3. The highest BCUT2D eigenvalue weighted by Gasteiger charge is 2.16. The molecule has 0 saturated heterocycles. The molecule has 0 radical (unpaired) electrons. The Labute approximate surface area is 283 Å². The van der Waals surface area contributed by atoms with Gasteiger partial charge in [0.25, 0.3) is 0 Å². The van der Waals surface area contributed by atoms with Crippen LogP contribution in [0.25, 0.3) is 93.5 Å². The summed E-state index contributed by atoms with van der Waals surface area (Å²) in [6, 6.07) is 59.2. The first-order valence-electron chi connectivity index (χ1n) is 16.7. The van der Waals surface area contributed by atoms with Crippen molar-refractivity contribution in [2.75, 3.05) is 0 Å². The molecule has 10 rings (SSSR count). The molecule has 49 heavy (non-hydrogen) atoms. The van der Waals surface area contributed by atoms with E-state index in [1.54, 1.807) is 12.4 Å². The van der Waals surface area contributed by atoms with E-state index in [4.69, 9.17) is 9.97 Å². The Morgan fingerprint density at radius 3 is 1.31 bits per heavy atom. The number of hydrogen-bond donors (Lipinski definition) is 0. The first kappa shape index (κ1) is 27.5. The summed E-state index contributed by atoms with van der Waals surface area (Å²) in [5.41, 5.74) is 12.6. The van der Waals surface area contributed by atoms with E-state index in [2.05, 4.69) is 168 Å². The Morgan fingerprint density at radius 2 is 0.735 bits per heavy atom. The van der Waals surface area contributed by atoms with Crippen molar-refractivity contribution in [1.29, 1.82) is 0 Å². The summed E-state index contributed by atoms with van der Waals surface area (Å²) in [4.78, 5) is 9.42. The summed E-state index contributed by atoms with van der Waals surface area (Å²) < 4.78 is 2.40. The number of nitrogens with zero attached hydrogens (tertiary/aromatic N) is 3. The second-order valence-electron chi connectivity index (χ2n) is 12.6. The Hall–Kier alpha value is -6.58. The number of fused-ring (bicyclic) bond motifs is 9. The van der Waals surface area contributed by atoms with Crippen LogP contribution in [0.1, 0.15) is 0 Å². The van der Waals surface area contributed by atoms with Gasteiger partial charge in [-0.25, -0.2) is 0 Å². The van der Waals surface area contributed by atoms with E-state index in [0.717, 1.165) is 27.5 Å². The van der Waals surface area contributed by atoms with E-state index in [0.29, 0.717) is 0 Å². The average Bonchev–Trinajstić information content (AvgIpc) is 3.51. The van der Waals surface area contributed by atoms with Crippen LogP contribution in [0, 0.1) is 0 Å². The van der Waals surface area contributed by atoms with E-state index >= 15 is 0 Å².